The number of hydrogen-bond acceptors (Lipinski definition) is 4. The molecule has 2 aromatic rings. The van der Waals surface area contributed by atoms with Crippen LogP contribution in [0.4, 0.5) is 0 Å². The van der Waals surface area contributed by atoms with Crippen LogP contribution in [-0.4, -0.2) is 32.7 Å². The van der Waals surface area contributed by atoms with E-state index in [4.69, 9.17) is 4.74 Å². The molecule has 2 heterocycles. The summed E-state index contributed by atoms with van der Waals surface area (Å²) in [6.07, 6.45) is 1.61. The molecular formula is C12H12N2O3S. The SMILES string of the molecule is O=S(=O)(NCC1CO1)c1cccc2cccnc12. The van der Waals surface area contributed by atoms with Crippen molar-refractivity contribution < 1.29 is 13.2 Å². The minimum absolute atomic E-state index is 0.0164. The quantitative estimate of drug-likeness (QED) is 0.833. The zero-order valence-electron chi connectivity index (χ0n) is 9.54. The van der Waals surface area contributed by atoms with Crippen LogP contribution in [0.5, 0.6) is 0 Å². The minimum Gasteiger partial charge on any atom is -0.372 e. The van der Waals surface area contributed by atoms with Gasteiger partial charge in [-0.2, -0.15) is 0 Å². The first-order chi connectivity index (χ1) is 8.67. The molecule has 0 radical (unpaired) electrons. The molecule has 0 saturated carbocycles. The van der Waals surface area contributed by atoms with E-state index in [1.54, 1.807) is 24.4 Å². The maximum Gasteiger partial charge on any atom is 0.242 e. The fourth-order valence-corrected chi connectivity index (χ4v) is 3.00. The number of epoxide rings is 1. The molecule has 18 heavy (non-hydrogen) atoms. The molecule has 0 aliphatic carbocycles. The van der Waals surface area contributed by atoms with Crippen LogP contribution in [0.1, 0.15) is 0 Å². The van der Waals surface area contributed by atoms with Gasteiger partial charge in [-0.05, 0) is 12.1 Å². The van der Waals surface area contributed by atoms with E-state index in [1.165, 1.54) is 0 Å². The Bertz CT molecular complexity index is 675. The number of aromatic nitrogens is 1. The highest BCUT2D eigenvalue weighted by molar-refractivity contribution is 7.89. The number of hydrogen-bond donors (Lipinski definition) is 1. The van der Waals surface area contributed by atoms with E-state index in [-0.39, 0.29) is 11.0 Å². The Balaban J connectivity index is 2.01. The Hall–Kier alpha value is -1.50. The Morgan fingerprint density at radius 3 is 2.89 bits per heavy atom. The van der Waals surface area contributed by atoms with Crippen molar-refractivity contribution in [3.05, 3.63) is 36.5 Å². The number of para-hydroxylation sites is 1. The van der Waals surface area contributed by atoms with Crippen LogP contribution < -0.4 is 4.72 Å². The summed E-state index contributed by atoms with van der Waals surface area (Å²) >= 11 is 0. The van der Waals surface area contributed by atoms with Crippen molar-refractivity contribution >= 4 is 20.9 Å². The van der Waals surface area contributed by atoms with E-state index in [0.717, 1.165) is 5.39 Å². The normalized spacial score (nSPS) is 19.0. The van der Waals surface area contributed by atoms with E-state index >= 15 is 0 Å². The van der Waals surface area contributed by atoms with Gasteiger partial charge in [0.1, 0.15) is 4.90 Å². The predicted octanol–water partition coefficient (Wildman–Crippen LogP) is 0.912. The standard InChI is InChI=1S/C12H12N2O3S/c15-18(16,14-7-10-8-17-10)11-5-1-3-9-4-2-6-13-12(9)11/h1-6,10,14H,7-8H2. The molecule has 0 bridgehead atoms. The van der Waals surface area contributed by atoms with Crippen LogP contribution >= 0.6 is 0 Å². The fourth-order valence-electron chi connectivity index (χ4n) is 1.76. The molecular weight excluding hydrogens is 252 g/mol. The Labute approximate surface area is 105 Å². The first-order valence-corrected chi connectivity index (χ1v) is 7.10. The summed E-state index contributed by atoms with van der Waals surface area (Å²) in [4.78, 5) is 4.35. The number of nitrogens with one attached hydrogen (secondary N) is 1. The van der Waals surface area contributed by atoms with Gasteiger partial charge in [-0.15, -0.1) is 0 Å². The predicted molar refractivity (Wildman–Crippen MR) is 66.7 cm³/mol. The molecule has 1 fully saturated rings. The molecule has 1 N–H and O–H groups in total. The summed E-state index contributed by atoms with van der Waals surface area (Å²) < 4.78 is 31.9. The van der Waals surface area contributed by atoms with Gasteiger partial charge in [0.15, 0.2) is 0 Å². The number of sulfonamides is 1. The van der Waals surface area contributed by atoms with Crippen molar-refractivity contribution in [2.24, 2.45) is 0 Å². The second-order valence-corrected chi connectivity index (χ2v) is 5.87. The zero-order chi connectivity index (χ0) is 12.6. The maximum absolute atomic E-state index is 12.2. The summed E-state index contributed by atoms with van der Waals surface area (Å²) in [5, 5.41) is 0.808. The zero-order valence-corrected chi connectivity index (χ0v) is 10.4. The van der Waals surface area contributed by atoms with E-state index in [2.05, 4.69) is 9.71 Å². The Morgan fingerprint density at radius 1 is 1.33 bits per heavy atom. The van der Waals surface area contributed by atoms with Gasteiger partial charge in [-0.3, -0.25) is 4.98 Å². The number of fused-ring (bicyclic) bond motifs is 1. The molecule has 1 atom stereocenters. The molecule has 6 heteroatoms. The Morgan fingerprint density at radius 2 is 2.11 bits per heavy atom. The fraction of sp³-hybridized carbons (Fsp3) is 0.250. The topological polar surface area (TPSA) is 71.6 Å². The average Bonchev–Trinajstić information content (AvgIpc) is 3.20. The highest BCUT2D eigenvalue weighted by atomic mass is 32.2. The van der Waals surface area contributed by atoms with Crippen LogP contribution in [0, 0.1) is 0 Å². The lowest BCUT2D eigenvalue weighted by molar-refractivity contribution is 0.406. The van der Waals surface area contributed by atoms with Crippen LogP contribution in [0.3, 0.4) is 0 Å². The molecule has 1 unspecified atom stereocenters. The smallest absolute Gasteiger partial charge is 0.242 e. The maximum atomic E-state index is 12.2. The molecule has 3 rings (SSSR count). The van der Waals surface area contributed by atoms with E-state index in [0.29, 0.717) is 18.7 Å². The van der Waals surface area contributed by atoms with Gasteiger partial charge in [0, 0.05) is 18.1 Å². The summed E-state index contributed by atoms with van der Waals surface area (Å²) in [6.45, 7) is 0.932. The average molecular weight is 264 g/mol. The first-order valence-electron chi connectivity index (χ1n) is 5.62. The van der Waals surface area contributed by atoms with Crippen molar-refractivity contribution in [3.63, 3.8) is 0 Å². The van der Waals surface area contributed by atoms with Crippen LogP contribution in [0.25, 0.3) is 10.9 Å². The molecule has 5 nitrogen and oxygen atoms in total. The lowest BCUT2D eigenvalue weighted by Gasteiger charge is -2.07. The van der Waals surface area contributed by atoms with Gasteiger partial charge in [0.05, 0.1) is 18.2 Å². The van der Waals surface area contributed by atoms with Gasteiger partial charge in [0.25, 0.3) is 0 Å². The number of nitrogens with zero attached hydrogens (tertiary/aromatic N) is 1. The lowest BCUT2D eigenvalue weighted by atomic mass is 10.2. The van der Waals surface area contributed by atoms with E-state index in [1.807, 2.05) is 12.1 Å². The second-order valence-electron chi connectivity index (χ2n) is 4.14. The first kappa shape index (κ1) is 11.6. The highest BCUT2D eigenvalue weighted by Crippen LogP contribution is 2.20. The third kappa shape index (κ3) is 2.22. The van der Waals surface area contributed by atoms with Gasteiger partial charge < -0.3 is 4.74 Å². The molecule has 1 aromatic carbocycles. The monoisotopic (exact) mass is 264 g/mol. The Kier molecular flexibility index (Phi) is 2.77. The van der Waals surface area contributed by atoms with Crippen LogP contribution in [0.15, 0.2) is 41.4 Å². The van der Waals surface area contributed by atoms with Gasteiger partial charge in [-0.1, -0.05) is 18.2 Å². The van der Waals surface area contributed by atoms with Crippen LogP contribution in [-0.2, 0) is 14.8 Å². The van der Waals surface area contributed by atoms with Crippen molar-refractivity contribution in [3.8, 4) is 0 Å². The molecule has 0 spiro atoms. The number of benzene rings is 1. The molecule has 1 aliphatic rings. The molecule has 1 saturated heterocycles. The lowest BCUT2D eigenvalue weighted by Crippen LogP contribution is -2.27. The van der Waals surface area contributed by atoms with Crippen molar-refractivity contribution in [1.82, 2.24) is 9.71 Å². The summed E-state index contributed by atoms with van der Waals surface area (Å²) in [7, 11) is -3.53. The number of rotatable bonds is 4. The van der Waals surface area contributed by atoms with Crippen molar-refractivity contribution in [2.45, 2.75) is 11.0 Å². The summed E-state index contributed by atoms with van der Waals surface area (Å²) in [5.41, 5.74) is 0.490. The molecule has 94 valence electrons. The van der Waals surface area contributed by atoms with E-state index in [9.17, 15) is 8.42 Å². The highest BCUT2D eigenvalue weighted by Gasteiger charge is 2.26. The van der Waals surface area contributed by atoms with Crippen LogP contribution in [0.2, 0.25) is 0 Å². The summed E-state index contributed by atoms with van der Waals surface area (Å²) in [6, 6.07) is 8.73. The van der Waals surface area contributed by atoms with Crippen molar-refractivity contribution in [2.75, 3.05) is 13.2 Å². The third-order valence-corrected chi connectivity index (χ3v) is 4.24. The summed E-state index contributed by atoms with van der Waals surface area (Å²) in [5.74, 6) is 0. The van der Waals surface area contributed by atoms with E-state index < -0.39 is 10.0 Å². The second kappa shape index (κ2) is 4.31. The minimum atomic E-state index is -3.53. The largest absolute Gasteiger partial charge is 0.372 e. The van der Waals surface area contributed by atoms with Gasteiger partial charge in [-0.25, -0.2) is 13.1 Å². The van der Waals surface area contributed by atoms with Crippen molar-refractivity contribution in [1.29, 1.82) is 0 Å². The molecule has 1 aliphatic heterocycles. The van der Waals surface area contributed by atoms with Gasteiger partial charge in [0.2, 0.25) is 10.0 Å². The molecule has 0 amide bonds. The molecule has 1 aromatic heterocycles. The number of ether oxygens (including phenoxy) is 1. The third-order valence-electron chi connectivity index (χ3n) is 2.79. The van der Waals surface area contributed by atoms with Gasteiger partial charge >= 0.3 is 0 Å². The number of pyridine rings is 1.